The lowest BCUT2D eigenvalue weighted by Crippen LogP contribution is -2.57. The summed E-state index contributed by atoms with van der Waals surface area (Å²) in [5, 5.41) is 2.77. The molecule has 26 heavy (non-hydrogen) atoms. The van der Waals surface area contributed by atoms with Gasteiger partial charge in [0.25, 0.3) is 0 Å². The van der Waals surface area contributed by atoms with Crippen LogP contribution in [0.5, 0.6) is 0 Å². The van der Waals surface area contributed by atoms with Crippen molar-refractivity contribution >= 4 is 12.0 Å². The van der Waals surface area contributed by atoms with Gasteiger partial charge in [0.1, 0.15) is 12.6 Å². The number of hydrogen-bond donors (Lipinski definition) is 1. The van der Waals surface area contributed by atoms with Crippen LogP contribution in [0.1, 0.15) is 46.1 Å². The molecular formula is C21H30N2O3. The maximum atomic E-state index is 13.2. The van der Waals surface area contributed by atoms with E-state index < -0.39 is 17.6 Å². The Bertz CT molecular complexity index is 632. The number of ether oxygens (including phenoxy) is 1. The van der Waals surface area contributed by atoms with E-state index in [9.17, 15) is 9.59 Å². The van der Waals surface area contributed by atoms with Gasteiger partial charge in [0.2, 0.25) is 5.91 Å². The molecule has 0 bridgehead atoms. The van der Waals surface area contributed by atoms with Crippen LogP contribution in [-0.2, 0) is 16.1 Å². The minimum absolute atomic E-state index is 0.0796. The third-order valence-corrected chi connectivity index (χ3v) is 5.20. The number of carbonyl (C=O) groups is 2. The van der Waals surface area contributed by atoms with Crippen LogP contribution < -0.4 is 5.32 Å². The number of alkyl carbamates (subject to hydrolysis) is 1. The van der Waals surface area contributed by atoms with Gasteiger partial charge in [-0.25, -0.2) is 4.79 Å². The molecule has 5 nitrogen and oxygen atoms in total. The summed E-state index contributed by atoms with van der Waals surface area (Å²) in [7, 11) is 0. The Balaban J connectivity index is 2.08. The topological polar surface area (TPSA) is 58.6 Å². The molecule has 0 radical (unpaired) electrons. The van der Waals surface area contributed by atoms with Crippen LogP contribution in [0, 0.1) is 5.41 Å². The Kier molecular flexibility index (Phi) is 6.46. The molecule has 0 unspecified atom stereocenters. The zero-order chi connectivity index (χ0) is 19.3. The fraction of sp³-hybridized carbons (Fsp3) is 0.524. The highest BCUT2D eigenvalue weighted by molar-refractivity contribution is 5.87. The quantitative estimate of drug-likeness (QED) is 0.785. The first-order valence-electron chi connectivity index (χ1n) is 9.19. The number of nitrogens with zero attached hydrogens (tertiary/aromatic N) is 1. The van der Waals surface area contributed by atoms with Gasteiger partial charge in [-0.05, 0) is 32.3 Å². The Morgan fingerprint density at radius 2 is 1.85 bits per heavy atom. The van der Waals surface area contributed by atoms with Crippen LogP contribution in [0.15, 0.2) is 43.0 Å². The van der Waals surface area contributed by atoms with Gasteiger partial charge in [-0.1, -0.05) is 50.3 Å². The number of benzene rings is 1. The Morgan fingerprint density at radius 3 is 2.38 bits per heavy atom. The lowest BCUT2D eigenvalue weighted by Gasteiger charge is -2.37. The van der Waals surface area contributed by atoms with E-state index in [2.05, 4.69) is 11.9 Å². The molecule has 5 heteroatoms. The van der Waals surface area contributed by atoms with Gasteiger partial charge in [0.15, 0.2) is 0 Å². The number of rotatable bonds is 6. The maximum absolute atomic E-state index is 13.2. The highest BCUT2D eigenvalue weighted by Crippen LogP contribution is 2.29. The van der Waals surface area contributed by atoms with E-state index in [-0.39, 0.29) is 24.6 Å². The van der Waals surface area contributed by atoms with Gasteiger partial charge in [-0.2, -0.15) is 0 Å². The molecule has 0 saturated carbocycles. The number of carbonyl (C=O) groups excluding carboxylic acids is 2. The summed E-state index contributed by atoms with van der Waals surface area (Å²) in [6.07, 6.45) is 3.07. The minimum atomic E-state index is -0.716. The van der Waals surface area contributed by atoms with Crippen molar-refractivity contribution in [2.75, 3.05) is 0 Å². The molecule has 142 valence electrons. The first-order valence-corrected chi connectivity index (χ1v) is 9.19. The van der Waals surface area contributed by atoms with Gasteiger partial charge in [-0.3, -0.25) is 4.79 Å². The minimum Gasteiger partial charge on any atom is -0.445 e. The van der Waals surface area contributed by atoms with E-state index in [0.29, 0.717) is 0 Å². The van der Waals surface area contributed by atoms with E-state index in [0.717, 1.165) is 18.4 Å². The summed E-state index contributed by atoms with van der Waals surface area (Å²) in [6.45, 7) is 11.9. The number of amides is 2. The van der Waals surface area contributed by atoms with Gasteiger partial charge in [0.05, 0.1) is 0 Å². The Labute approximate surface area is 156 Å². The van der Waals surface area contributed by atoms with Crippen LogP contribution in [0.25, 0.3) is 0 Å². The SMILES string of the molecule is C=CC(C)(C)[C@@H](NC(=O)OCc1ccccc1)C(=O)N1[C@H](C)CC[C@H]1C. The molecule has 1 aromatic rings. The molecule has 0 aliphatic carbocycles. The summed E-state index contributed by atoms with van der Waals surface area (Å²) >= 11 is 0. The first kappa shape index (κ1) is 20.0. The molecule has 1 N–H and O–H groups in total. The molecule has 1 aliphatic heterocycles. The fourth-order valence-electron chi connectivity index (χ4n) is 3.34. The van der Waals surface area contributed by atoms with Crippen LogP contribution in [0.2, 0.25) is 0 Å². The molecule has 3 atom stereocenters. The monoisotopic (exact) mass is 358 g/mol. The third-order valence-electron chi connectivity index (χ3n) is 5.20. The number of likely N-dealkylation sites (tertiary alicyclic amines) is 1. The highest BCUT2D eigenvalue weighted by Gasteiger charge is 2.41. The van der Waals surface area contributed by atoms with Crippen LogP contribution in [-0.4, -0.2) is 35.0 Å². The van der Waals surface area contributed by atoms with E-state index in [4.69, 9.17) is 4.74 Å². The summed E-state index contributed by atoms with van der Waals surface area (Å²) < 4.78 is 5.31. The molecule has 1 aromatic carbocycles. The van der Waals surface area contributed by atoms with Crippen molar-refractivity contribution in [3.8, 4) is 0 Å². The largest absolute Gasteiger partial charge is 0.445 e. The summed E-state index contributed by atoms with van der Waals surface area (Å²) in [5.74, 6) is -0.0796. The zero-order valence-electron chi connectivity index (χ0n) is 16.2. The Morgan fingerprint density at radius 1 is 1.27 bits per heavy atom. The van der Waals surface area contributed by atoms with E-state index in [1.165, 1.54) is 0 Å². The predicted octanol–water partition coefficient (Wildman–Crippen LogP) is 3.89. The number of nitrogens with one attached hydrogen (secondary N) is 1. The van der Waals surface area contributed by atoms with Crippen molar-refractivity contribution < 1.29 is 14.3 Å². The summed E-state index contributed by atoms with van der Waals surface area (Å²) in [5.41, 5.74) is 0.306. The molecule has 1 heterocycles. The fourth-order valence-corrected chi connectivity index (χ4v) is 3.34. The first-order chi connectivity index (χ1) is 12.3. The molecule has 0 aromatic heterocycles. The lowest BCUT2D eigenvalue weighted by molar-refractivity contribution is -0.137. The van der Waals surface area contributed by atoms with Gasteiger partial charge >= 0.3 is 6.09 Å². The standard InChI is InChI=1S/C21H30N2O3/c1-6-21(4,5)18(19(24)23-15(2)12-13-16(23)3)22-20(25)26-14-17-10-8-7-9-11-17/h6-11,15-16,18H,1,12-14H2,2-5H3,(H,22,25)/t15-,16-,18+/m1/s1. The molecule has 2 amide bonds. The Hall–Kier alpha value is -2.30. The molecule has 2 rings (SSSR count). The second-order valence-electron chi connectivity index (χ2n) is 7.69. The second-order valence-corrected chi connectivity index (χ2v) is 7.69. The van der Waals surface area contributed by atoms with Gasteiger partial charge in [0, 0.05) is 17.5 Å². The van der Waals surface area contributed by atoms with Crippen LogP contribution >= 0.6 is 0 Å². The van der Waals surface area contributed by atoms with Crippen molar-refractivity contribution in [1.29, 1.82) is 0 Å². The zero-order valence-corrected chi connectivity index (χ0v) is 16.2. The van der Waals surface area contributed by atoms with Gasteiger partial charge < -0.3 is 15.0 Å². The lowest BCUT2D eigenvalue weighted by atomic mass is 9.83. The van der Waals surface area contributed by atoms with Crippen molar-refractivity contribution in [2.45, 2.75) is 65.3 Å². The highest BCUT2D eigenvalue weighted by atomic mass is 16.5. The molecular weight excluding hydrogens is 328 g/mol. The smallest absolute Gasteiger partial charge is 0.408 e. The number of hydrogen-bond acceptors (Lipinski definition) is 3. The molecule has 1 fully saturated rings. The van der Waals surface area contributed by atoms with Crippen LogP contribution in [0.3, 0.4) is 0 Å². The third kappa shape index (κ3) is 4.65. The average molecular weight is 358 g/mol. The molecule has 1 saturated heterocycles. The second kappa shape index (κ2) is 8.39. The van der Waals surface area contributed by atoms with Crippen molar-refractivity contribution in [1.82, 2.24) is 10.2 Å². The molecule has 1 aliphatic rings. The van der Waals surface area contributed by atoms with Crippen molar-refractivity contribution in [3.63, 3.8) is 0 Å². The molecule has 0 spiro atoms. The average Bonchev–Trinajstić information content (AvgIpc) is 2.96. The predicted molar refractivity (Wildman–Crippen MR) is 103 cm³/mol. The van der Waals surface area contributed by atoms with E-state index in [1.807, 2.05) is 62.9 Å². The maximum Gasteiger partial charge on any atom is 0.408 e. The van der Waals surface area contributed by atoms with E-state index in [1.54, 1.807) is 6.08 Å². The van der Waals surface area contributed by atoms with Crippen molar-refractivity contribution in [3.05, 3.63) is 48.6 Å². The van der Waals surface area contributed by atoms with Gasteiger partial charge in [-0.15, -0.1) is 6.58 Å². The summed E-state index contributed by atoms with van der Waals surface area (Å²) in [4.78, 5) is 27.4. The summed E-state index contributed by atoms with van der Waals surface area (Å²) in [6, 6.07) is 9.08. The van der Waals surface area contributed by atoms with E-state index >= 15 is 0 Å². The normalized spacial score (nSPS) is 21.2. The van der Waals surface area contributed by atoms with Crippen LogP contribution in [0.4, 0.5) is 4.79 Å². The van der Waals surface area contributed by atoms with Crippen molar-refractivity contribution in [2.24, 2.45) is 5.41 Å².